The first kappa shape index (κ1) is 15.4. The number of carbonyl (C=O) groups is 1. The van der Waals surface area contributed by atoms with Crippen LogP contribution in [-0.4, -0.2) is 21.0 Å². The van der Waals surface area contributed by atoms with Crippen molar-refractivity contribution >= 4 is 21.9 Å². The Labute approximate surface area is 131 Å². The molecule has 0 aliphatic rings. The van der Waals surface area contributed by atoms with Crippen LogP contribution in [0.4, 0.5) is 0 Å². The molecule has 1 aromatic carbocycles. The molecule has 0 saturated carbocycles. The number of carboxylic acid groups (broad SMARTS) is 1. The fraction of sp³-hybridized carbons (Fsp3) is 0.267. The van der Waals surface area contributed by atoms with Crippen molar-refractivity contribution in [1.29, 1.82) is 0 Å². The minimum absolute atomic E-state index is 0.0562. The molecule has 1 heterocycles. The average molecular weight is 351 g/mol. The monoisotopic (exact) mass is 350 g/mol. The first-order valence-electron chi connectivity index (χ1n) is 6.43. The van der Waals surface area contributed by atoms with Crippen LogP contribution < -0.4 is 4.74 Å². The van der Waals surface area contributed by atoms with Crippen LogP contribution in [-0.2, 0) is 6.61 Å². The van der Waals surface area contributed by atoms with Crippen molar-refractivity contribution in [3.05, 3.63) is 52.0 Å². The molecule has 1 N–H and O–H groups in total. The number of rotatable bonds is 5. The minimum atomic E-state index is -1.06. The van der Waals surface area contributed by atoms with E-state index in [2.05, 4.69) is 39.7 Å². The molecule has 0 aliphatic carbocycles. The van der Waals surface area contributed by atoms with Crippen LogP contribution in [0.1, 0.15) is 41.4 Å². The SMILES string of the molecule is CC(C)c1cc(Br)ccc1OCc1ncncc1C(=O)O. The fourth-order valence-electron chi connectivity index (χ4n) is 1.90. The molecule has 0 fully saturated rings. The molecular weight excluding hydrogens is 336 g/mol. The van der Waals surface area contributed by atoms with Crippen molar-refractivity contribution in [2.75, 3.05) is 0 Å². The topological polar surface area (TPSA) is 72.3 Å². The fourth-order valence-corrected chi connectivity index (χ4v) is 2.28. The van der Waals surface area contributed by atoms with Crippen LogP contribution in [0.25, 0.3) is 0 Å². The zero-order valence-electron chi connectivity index (χ0n) is 11.7. The second-order valence-electron chi connectivity index (χ2n) is 4.81. The Kier molecular flexibility index (Phi) is 4.90. The van der Waals surface area contributed by atoms with Gasteiger partial charge in [-0.25, -0.2) is 14.8 Å². The number of ether oxygens (including phenoxy) is 1. The number of nitrogens with zero attached hydrogens (tertiary/aromatic N) is 2. The summed E-state index contributed by atoms with van der Waals surface area (Å²) in [7, 11) is 0. The summed E-state index contributed by atoms with van der Waals surface area (Å²) in [5, 5.41) is 9.10. The van der Waals surface area contributed by atoms with Gasteiger partial charge in [-0.3, -0.25) is 0 Å². The molecule has 21 heavy (non-hydrogen) atoms. The quantitative estimate of drug-likeness (QED) is 0.890. The van der Waals surface area contributed by atoms with Crippen molar-refractivity contribution in [1.82, 2.24) is 9.97 Å². The van der Waals surface area contributed by atoms with Gasteiger partial charge in [-0.05, 0) is 29.7 Å². The zero-order chi connectivity index (χ0) is 15.4. The normalized spacial score (nSPS) is 10.7. The lowest BCUT2D eigenvalue weighted by atomic mass is 10.0. The van der Waals surface area contributed by atoms with E-state index in [4.69, 9.17) is 9.84 Å². The molecule has 1 aromatic heterocycles. The van der Waals surface area contributed by atoms with Crippen LogP contribution in [0.15, 0.2) is 35.2 Å². The molecule has 2 rings (SSSR count). The van der Waals surface area contributed by atoms with E-state index in [1.54, 1.807) is 0 Å². The molecule has 5 nitrogen and oxygen atoms in total. The third-order valence-electron chi connectivity index (χ3n) is 2.98. The molecule has 0 radical (unpaired) electrons. The highest BCUT2D eigenvalue weighted by Gasteiger charge is 2.14. The molecule has 0 atom stereocenters. The lowest BCUT2D eigenvalue weighted by Crippen LogP contribution is -2.09. The Bertz CT molecular complexity index is 659. The van der Waals surface area contributed by atoms with Crippen molar-refractivity contribution in [2.45, 2.75) is 26.4 Å². The van der Waals surface area contributed by atoms with Gasteiger partial charge in [0.2, 0.25) is 0 Å². The first-order chi connectivity index (χ1) is 9.99. The van der Waals surface area contributed by atoms with E-state index in [1.807, 2.05) is 18.2 Å². The molecule has 0 unspecified atom stereocenters. The predicted octanol–water partition coefficient (Wildman–Crippen LogP) is 3.64. The van der Waals surface area contributed by atoms with E-state index in [9.17, 15) is 4.79 Å². The molecule has 0 spiro atoms. The summed E-state index contributed by atoms with van der Waals surface area (Å²) in [6.45, 7) is 4.23. The number of aromatic nitrogens is 2. The van der Waals surface area contributed by atoms with E-state index >= 15 is 0 Å². The first-order valence-corrected chi connectivity index (χ1v) is 7.22. The molecule has 6 heteroatoms. The highest BCUT2D eigenvalue weighted by atomic mass is 79.9. The Morgan fingerprint density at radius 1 is 1.43 bits per heavy atom. The molecule has 0 saturated heterocycles. The van der Waals surface area contributed by atoms with Crippen molar-refractivity contribution in [3.63, 3.8) is 0 Å². The van der Waals surface area contributed by atoms with Crippen molar-refractivity contribution in [2.24, 2.45) is 0 Å². The molecule has 2 aromatic rings. The van der Waals surface area contributed by atoms with Gasteiger partial charge in [0.25, 0.3) is 0 Å². The van der Waals surface area contributed by atoms with Gasteiger partial charge in [0.1, 0.15) is 24.2 Å². The van der Waals surface area contributed by atoms with Crippen LogP contribution in [0, 0.1) is 0 Å². The predicted molar refractivity (Wildman–Crippen MR) is 81.6 cm³/mol. The average Bonchev–Trinajstić information content (AvgIpc) is 2.46. The maximum Gasteiger partial charge on any atom is 0.339 e. The largest absolute Gasteiger partial charge is 0.487 e. The van der Waals surface area contributed by atoms with E-state index in [0.717, 1.165) is 15.8 Å². The highest BCUT2D eigenvalue weighted by Crippen LogP contribution is 2.30. The van der Waals surface area contributed by atoms with Crippen LogP contribution in [0.2, 0.25) is 0 Å². The van der Waals surface area contributed by atoms with Gasteiger partial charge in [-0.2, -0.15) is 0 Å². The summed E-state index contributed by atoms with van der Waals surface area (Å²) in [6.07, 6.45) is 2.59. The number of carboxylic acids is 1. The molecule has 110 valence electrons. The van der Waals surface area contributed by atoms with E-state index in [-0.39, 0.29) is 12.2 Å². The third kappa shape index (κ3) is 3.78. The smallest absolute Gasteiger partial charge is 0.339 e. The Balaban J connectivity index is 2.23. The molecule has 0 amide bonds. The van der Waals surface area contributed by atoms with E-state index in [0.29, 0.717) is 11.6 Å². The Morgan fingerprint density at radius 3 is 2.86 bits per heavy atom. The number of halogens is 1. The molecule has 0 bridgehead atoms. The number of aromatic carboxylic acids is 1. The maximum absolute atomic E-state index is 11.1. The molecule has 0 aliphatic heterocycles. The number of benzene rings is 1. The van der Waals surface area contributed by atoms with Gasteiger partial charge in [-0.15, -0.1) is 0 Å². The van der Waals surface area contributed by atoms with Gasteiger partial charge in [-0.1, -0.05) is 29.8 Å². The minimum Gasteiger partial charge on any atom is -0.487 e. The summed E-state index contributed by atoms with van der Waals surface area (Å²) in [5.41, 5.74) is 1.46. The second kappa shape index (κ2) is 6.67. The summed E-state index contributed by atoms with van der Waals surface area (Å²) >= 11 is 3.44. The second-order valence-corrected chi connectivity index (χ2v) is 5.73. The van der Waals surface area contributed by atoms with Crippen LogP contribution in [0.3, 0.4) is 0 Å². The summed E-state index contributed by atoms with van der Waals surface area (Å²) in [4.78, 5) is 18.8. The van der Waals surface area contributed by atoms with E-state index in [1.165, 1.54) is 12.5 Å². The third-order valence-corrected chi connectivity index (χ3v) is 3.48. The van der Waals surface area contributed by atoms with Gasteiger partial charge in [0.15, 0.2) is 0 Å². The standard InChI is InChI=1S/C15H15BrN2O3/c1-9(2)11-5-10(16)3-4-14(11)21-7-13-12(15(19)20)6-17-8-18-13/h3-6,8-9H,7H2,1-2H3,(H,19,20). The van der Waals surface area contributed by atoms with Crippen LogP contribution >= 0.6 is 15.9 Å². The maximum atomic E-state index is 11.1. The van der Waals surface area contributed by atoms with Gasteiger partial charge < -0.3 is 9.84 Å². The summed E-state index contributed by atoms with van der Waals surface area (Å²) < 4.78 is 6.73. The Hall–Kier alpha value is -1.95. The zero-order valence-corrected chi connectivity index (χ0v) is 13.3. The van der Waals surface area contributed by atoms with Crippen molar-refractivity contribution in [3.8, 4) is 5.75 Å². The number of hydrogen-bond donors (Lipinski definition) is 1. The molecular formula is C15H15BrN2O3. The van der Waals surface area contributed by atoms with Crippen molar-refractivity contribution < 1.29 is 14.6 Å². The lowest BCUT2D eigenvalue weighted by Gasteiger charge is -2.14. The summed E-state index contributed by atoms with van der Waals surface area (Å²) in [6, 6.07) is 5.75. The van der Waals surface area contributed by atoms with Gasteiger partial charge in [0.05, 0.1) is 5.69 Å². The Morgan fingerprint density at radius 2 is 2.19 bits per heavy atom. The van der Waals surface area contributed by atoms with Crippen LogP contribution in [0.5, 0.6) is 5.75 Å². The highest BCUT2D eigenvalue weighted by molar-refractivity contribution is 9.10. The van der Waals surface area contributed by atoms with Gasteiger partial charge >= 0.3 is 5.97 Å². The van der Waals surface area contributed by atoms with E-state index < -0.39 is 5.97 Å². The summed E-state index contributed by atoms with van der Waals surface area (Å²) in [5.74, 6) is -0.0425. The number of hydrogen-bond acceptors (Lipinski definition) is 4. The lowest BCUT2D eigenvalue weighted by molar-refractivity contribution is 0.0692. The van der Waals surface area contributed by atoms with Gasteiger partial charge in [0, 0.05) is 10.7 Å².